The first-order valence-corrected chi connectivity index (χ1v) is 12.1. The number of rotatable bonds is 5. The van der Waals surface area contributed by atoms with Gasteiger partial charge in [-0.15, -0.1) is 0 Å². The largest absolute Gasteiger partial charge is 0.386 e. The molecule has 0 unspecified atom stereocenters. The molecule has 0 bridgehead atoms. The Morgan fingerprint density at radius 2 is 1.50 bits per heavy atom. The molecule has 1 rings (SSSR count). The van der Waals surface area contributed by atoms with Crippen LogP contribution < -0.4 is 4.39 Å². The third kappa shape index (κ3) is 5.19. The average Bonchev–Trinajstić information content (AvgIpc) is 2.24. The third-order valence-electron chi connectivity index (χ3n) is 4.30. The number of aliphatic hydroxyl groups is 1. The molecule has 0 aromatic heterocycles. The van der Waals surface area contributed by atoms with Crippen molar-refractivity contribution in [2.24, 2.45) is 0 Å². The van der Waals surface area contributed by atoms with Gasteiger partial charge in [0.05, 0.1) is 11.4 Å². The minimum Gasteiger partial charge on any atom is -0.386 e. The summed E-state index contributed by atoms with van der Waals surface area (Å²) in [5.41, 5.74) is 0.571. The highest BCUT2D eigenvalue weighted by Gasteiger charge is 2.38. The van der Waals surface area contributed by atoms with Crippen LogP contribution in [0.15, 0.2) is 24.3 Å². The van der Waals surface area contributed by atoms with Crippen LogP contribution in [0.4, 0.5) is 0 Å². The summed E-state index contributed by atoms with van der Waals surface area (Å²) in [5.74, 6) is -0.0361. The number of sulfonamides is 1. The summed E-state index contributed by atoms with van der Waals surface area (Å²) in [7, 11) is -5.49. The zero-order valence-corrected chi connectivity index (χ0v) is 16.5. The standard InChI is InChI=1S/C16H29NO3SSi/c1-15(2,3)22(6,7)17-21(19,20)12-13-8-10-14(11-9-13)16(4,5)18/h8-11,17-18H,12H2,1-7H3. The lowest BCUT2D eigenvalue weighted by atomic mass is 9.98. The molecule has 1 aromatic carbocycles. The van der Waals surface area contributed by atoms with Gasteiger partial charge < -0.3 is 5.11 Å². The van der Waals surface area contributed by atoms with E-state index >= 15 is 0 Å². The Morgan fingerprint density at radius 3 is 1.86 bits per heavy atom. The predicted molar refractivity (Wildman–Crippen MR) is 94.6 cm³/mol. The van der Waals surface area contributed by atoms with Gasteiger partial charge in [-0.05, 0) is 30.0 Å². The number of hydrogen-bond acceptors (Lipinski definition) is 3. The van der Waals surface area contributed by atoms with Gasteiger partial charge in [0.25, 0.3) is 0 Å². The SMILES string of the molecule is CC(C)(O)c1ccc(CS(=O)(=O)N[Si](C)(C)C(C)(C)C)cc1. The van der Waals surface area contributed by atoms with Crippen molar-refractivity contribution in [3.8, 4) is 0 Å². The minimum atomic E-state index is -3.37. The molecule has 0 spiro atoms. The van der Waals surface area contributed by atoms with E-state index in [0.717, 1.165) is 11.1 Å². The summed E-state index contributed by atoms with van der Waals surface area (Å²) in [6.45, 7) is 13.7. The molecule has 0 radical (unpaired) electrons. The monoisotopic (exact) mass is 343 g/mol. The maximum Gasteiger partial charge on any atom is 0.209 e. The van der Waals surface area contributed by atoms with Gasteiger partial charge in [-0.2, -0.15) is 0 Å². The van der Waals surface area contributed by atoms with E-state index in [9.17, 15) is 13.5 Å². The van der Waals surface area contributed by atoms with E-state index in [2.05, 4.69) is 25.2 Å². The number of nitrogens with one attached hydrogen (secondary N) is 1. The normalized spacial score (nSPS) is 14.2. The Hall–Kier alpha value is -0.693. The topological polar surface area (TPSA) is 66.4 Å². The van der Waals surface area contributed by atoms with Crippen molar-refractivity contribution in [2.75, 3.05) is 0 Å². The van der Waals surface area contributed by atoms with E-state index in [1.807, 2.05) is 13.1 Å². The van der Waals surface area contributed by atoms with Gasteiger partial charge in [0, 0.05) is 0 Å². The van der Waals surface area contributed by atoms with E-state index in [1.165, 1.54) is 0 Å². The second-order valence-electron chi connectivity index (χ2n) is 7.99. The van der Waals surface area contributed by atoms with Crippen LogP contribution in [0, 0.1) is 0 Å². The molecule has 0 heterocycles. The summed E-state index contributed by atoms with van der Waals surface area (Å²) >= 11 is 0. The summed E-state index contributed by atoms with van der Waals surface area (Å²) in [6.07, 6.45) is 0. The van der Waals surface area contributed by atoms with Crippen LogP contribution in [0.3, 0.4) is 0 Å². The molecule has 2 N–H and O–H groups in total. The van der Waals surface area contributed by atoms with Crippen molar-refractivity contribution in [3.63, 3.8) is 0 Å². The molecule has 0 aliphatic carbocycles. The van der Waals surface area contributed by atoms with Crippen LogP contribution in [0.25, 0.3) is 0 Å². The molecule has 0 aliphatic rings. The van der Waals surface area contributed by atoms with Crippen molar-refractivity contribution in [1.29, 1.82) is 0 Å². The van der Waals surface area contributed by atoms with Crippen LogP contribution in [-0.4, -0.2) is 21.8 Å². The molecule has 0 atom stereocenters. The zero-order valence-electron chi connectivity index (χ0n) is 14.7. The molecule has 0 saturated carbocycles. The fourth-order valence-corrected chi connectivity index (χ4v) is 7.06. The highest BCUT2D eigenvalue weighted by atomic mass is 32.2. The van der Waals surface area contributed by atoms with Gasteiger partial charge in [0.15, 0.2) is 0 Å². The van der Waals surface area contributed by atoms with Gasteiger partial charge in [0.1, 0.15) is 8.24 Å². The predicted octanol–water partition coefficient (Wildman–Crippen LogP) is 3.34. The van der Waals surface area contributed by atoms with Crippen LogP contribution >= 0.6 is 0 Å². The van der Waals surface area contributed by atoms with Crippen molar-refractivity contribution in [3.05, 3.63) is 35.4 Å². The molecular formula is C16H29NO3SSi. The van der Waals surface area contributed by atoms with Crippen LogP contribution in [0.2, 0.25) is 18.1 Å². The first-order valence-electron chi connectivity index (χ1n) is 7.47. The molecule has 0 amide bonds. The summed E-state index contributed by atoms with van der Waals surface area (Å²) in [4.78, 5) is 0. The lowest BCUT2D eigenvalue weighted by molar-refractivity contribution is 0.0786. The quantitative estimate of drug-likeness (QED) is 0.806. The first-order chi connectivity index (χ1) is 9.64. The smallest absolute Gasteiger partial charge is 0.209 e. The van der Waals surface area contributed by atoms with Crippen molar-refractivity contribution >= 4 is 18.3 Å². The summed E-state index contributed by atoms with van der Waals surface area (Å²) in [6, 6.07) is 7.07. The molecule has 0 fully saturated rings. The lowest BCUT2D eigenvalue weighted by Gasteiger charge is -2.36. The van der Waals surface area contributed by atoms with Crippen LogP contribution in [0.5, 0.6) is 0 Å². The van der Waals surface area contributed by atoms with Crippen molar-refractivity contribution < 1.29 is 13.5 Å². The van der Waals surface area contributed by atoms with E-state index < -0.39 is 23.9 Å². The molecule has 126 valence electrons. The van der Waals surface area contributed by atoms with E-state index in [0.29, 0.717) is 0 Å². The number of benzene rings is 1. The first kappa shape index (κ1) is 19.4. The summed E-state index contributed by atoms with van der Waals surface area (Å²) in [5, 5.41) is 9.88. The molecule has 0 saturated heterocycles. The van der Waals surface area contributed by atoms with Crippen molar-refractivity contribution in [2.45, 2.75) is 64.1 Å². The Morgan fingerprint density at radius 1 is 1.05 bits per heavy atom. The highest BCUT2D eigenvalue weighted by Crippen LogP contribution is 2.34. The Balaban J connectivity index is 2.90. The van der Waals surface area contributed by atoms with Crippen LogP contribution in [-0.2, 0) is 21.4 Å². The molecule has 0 aliphatic heterocycles. The maximum atomic E-state index is 12.4. The van der Waals surface area contributed by atoms with Gasteiger partial charge >= 0.3 is 0 Å². The zero-order chi connectivity index (χ0) is 17.4. The third-order valence-corrected chi connectivity index (χ3v) is 12.1. The molecule has 6 heteroatoms. The lowest BCUT2D eigenvalue weighted by Crippen LogP contribution is -2.54. The molecular weight excluding hydrogens is 314 g/mol. The van der Waals surface area contributed by atoms with Crippen LogP contribution in [0.1, 0.15) is 45.7 Å². The van der Waals surface area contributed by atoms with Crippen molar-refractivity contribution in [1.82, 2.24) is 4.39 Å². The van der Waals surface area contributed by atoms with E-state index in [1.54, 1.807) is 38.1 Å². The Bertz CT molecular complexity index is 608. The number of hydrogen-bond donors (Lipinski definition) is 2. The average molecular weight is 344 g/mol. The van der Waals surface area contributed by atoms with E-state index in [-0.39, 0.29) is 10.8 Å². The minimum absolute atomic E-state index is 0.0361. The second-order valence-corrected chi connectivity index (χ2v) is 15.1. The van der Waals surface area contributed by atoms with E-state index in [4.69, 9.17) is 0 Å². The molecule has 4 nitrogen and oxygen atoms in total. The summed E-state index contributed by atoms with van der Waals surface area (Å²) < 4.78 is 27.8. The second kappa shape index (κ2) is 6.07. The Labute approximate surface area is 136 Å². The molecule has 22 heavy (non-hydrogen) atoms. The van der Waals surface area contributed by atoms with Gasteiger partial charge in [-0.3, -0.25) is 0 Å². The van der Waals surface area contributed by atoms with Gasteiger partial charge in [-0.1, -0.05) is 58.1 Å². The Kier molecular flexibility index (Phi) is 5.34. The fraction of sp³-hybridized carbons (Fsp3) is 0.625. The van der Waals surface area contributed by atoms with Gasteiger partial charge in [-0.25, -0.2) is 12.8 Å². The van der Waals surface area contributed by atoms with Gasteiger partial charge in [0.2, 0.25) is 10.0 Å². The molecule has 1 aromatic rings. The fourth-order valence-electron chi connectivity index (χ4n) is 1.81. The highest BCUT2D eigenvalue weighted by molar-refractivity contribution is 7.90. The maximum absolute atomic E-state index is 12.4.